The van der Waals surface area contributed by atoms with Crippen molar-refractivity contribution in [1.29, 1.82) is 0 Å². The van der Waals surface area contributed by atoms with Crippen LogP contribution >= 0.6 is 11.3 Å². The van der Waals surface area contributed by atoms with Gasteiger partial charge in [-0.15, -0.1) is 0 Å². The van der Waals surface area contributed by atoms with Crippen molar-refractivity contribution in [3.8, 4) is 5.75 Å². The van der Waals surface area contributed by atoms with Gasteiger partial charge in [-0.3, -0.25) is 0 Å². The lowest BCUT2D eigenvalue weighted by Gasteiger charge is -2.34. The number of anilines is 1. The second-order valence-electron chi connectivity index (χ2n) is 7.22. The number of benzene rings is 1. The summed E-state index contributed by atoms with van der Waals surface area (Å²) >= 11 is 1.60. The molecule has 148 valence electrons. The third kappa shape index (κ3) is 4.35. The summed E-state index contributed by atoms with van der Waals surface area (Å²) in [6.45, 7) is 4.76. The summed E-state index contributed by atoms with van der Waals surface area (Å²) in [5.74, 6) is 0.689. The number of rotatable bonds is 5. The monoisotopic (exact) mass is 401 g/mol. The number of aromatic nitrogens is 2. The van der Waals surface area contributed by atoms with Crippen molar-refractivity contribution in [1.82, 2.24) is 9.97 Å². The molecule has 0 aliphatic carbocycles. The minimum absolute atomic E-state index is 0.148. The Bertz CT molecular complexity index is 982. The van der Waals surface area contributed by atoms with Crippen molar-refractivity contribution in [3.05, 3.63) is 35.2 Å². The van der Waals surface area contributed by atoms with E-state index in [1.807, 2.05) is 69.4 Å². The molecule has 1 aliphatic rings. The highest BCUT2D eigenvalue weighted by Crippen LogP contribution is 2.26. The Hall–Kier alpha value is -2.42. The highest BCUT2D eigenvalue weighted by atomic mass is 32.1. The topological polar surface area (TPSA) is 69.9 Å². The van der Waals surface area contributed by atoms with Crippen LogP contribution in [0.1, 0.15) is 24.6 Å². The predicted molar refractivity (Wildman–Crippen MR) is 110 cm³/mol. The SMILES string of the molecule is CN(C)c1ncc(C=Cc2nc3ccc(OC4COC(C)(C)OC4)cc3o2)s1. The average Bonchev–Trinajstić information content (AvgIpc) is 3.28. The van der Waals surface area contributed by atoms with Crippen LogP contribution in [0.4, 0.5) is 5.13 Å². The summed E-state index contributed by atoms with van der Waals surface area (Å²) in [6.07, 6.45) is 5.48. The van der Waals surface area contributed by atoms with Crippen LogP contribution in [0, 0.1) is 0 Å². The zero-order chi connectivity index (χ0) is 19.7. The van der Waals surface area contributed by atoms with Gasteiger partial charge >= 0.3 is 0 Å². The van der Waals surface area contributed by atoms with Crippen LogP contribution in [-0.2, 0) is 9.47 Å². The molecule has 0 bridgehead atoms. The molecule has 0 amide bonds. The molecule has 0 saturated carbocycles. The first-order valence-electron chi connectivity index (χ1n) is 9.04. The smallest absolute Gasteiger partial charge is 0.220 e. The molecule has 1 saturated heterocycles. The van der Waals surface area contributed by atoms with E-state index in [9.17, 15) is 0 Å². The average molecular weight is 401 g/mol. The fourth-order valence-corrected chi connectivity index (χ4v) is 3.46. The van der Waals surface area contributed by atoms with Crippen molar-refractivity contribution < 1.29 is 18.6 Å². The summed E-state index contributed by atoms with van der Waals surface area (Å²) in [4.78, 5) is 11.9. The molecule has 3 aromatic rings. The molecule has 0 radical (unpaired) electrons. The first-order valence-corrected chi connectivity index (χ1v) is 9.86. The number of fused-ring (bicyclic) bond motifs is 1. The maximum Gasteiger partial charge on any atom is 0.220 e. The fourth-order valence-electron chi connectivity index (χ4n) is 2.72. The second kappa shape index (κ2) is 7.54. The highest BCUT2D eigenvalue weighted by Gasteiger charge is 2.29. The van der Waals surface area contributed by atoms with Crippen LogP contribution in [0.2, 0.25) is 0 Å². The molecule has 28 heavy (non-hydrogen) atoms. The number of thiazole rings is 1. The highest BCUT2D eigenvalue weighted by molar-refractivity contribution is 7.16. The summed E-state index contributed by atoms with van der Waals surface area (Å²) in [5, 5.41) is 0.957. The number of ether oxygens (including phenoxy) is 3. The van der Waals surface area contributed by atoms with Gasteiger partial charge in [-0.1, -0.05) is 11.3 Å². The van der Waals surface area contributed by atoms with Crippen LogP contribution in [0.25, 0.3) is 23.3 Å². The van der Waals surface area contributed by atoms with E-state index in [-0.39, 0.29) is 6.10 Å². The van der Waals surface area contributed by atoms with Gasteiger partial charge in [0.2, 0.25) is 5.89 Å². The van der Waals surface area contributed by atoms with Gasteiger partial charge in [-0.05, 0) is 32.1 Å². The van der Waals surface area contributed by atoms with Gasteiger partial charge in [0.25, 0.3) is 0 Å². The molecular formula is C20H23N3O4S. The van der Waals surface area contributed by atoms with E-state index >= 15 is 0 Å². The van der Waals surface area contributed by atoms with Gasteiger partial charge in [-0.25, -0.2) is 9.97 Å². The van der Waals surface area contributed by atoms with Crippen LogP contribution in [0.3, 0.4) is 0 Å². The van der Waals surface area contributed by atoms with Gasteiger partial charge in [0.15, 0.2) is 16.5 Å². The van der Waals surface area contributed by atoms with Crippen molar-refractivity contribution in [2.24, 2.45) is 0 Å². The van der Waals surface area contributed by atoms with Gasteiger partial charge in [-0.2, -0.15) is 0 Å². The lowest BCUT2D eigenvalue weighted by atomic mass is 10.3. The van der Waals surface area contributed by atoms with Crippen molar-refractivity contribution in [3.63, 3.8) is 0 Å². The molecule has 7 nitrogen and oxygen atoms in total. The molecule has 0 spiro atoms. The predicted octanol–water partition coefficient (Wildman–Crippen LogP) is 4.05. The number of oxazole rings is 1. The lowest BCUT2D eigenvalue weighted by molar-refractivity contribution is -0.268. The van der Waals surface area contributed by atoms with Gasteiger partial charge in [0.05, 0.1) is 13.2 Å². The van der Waals surface area contributed by atoms with Crippen molar-refractivity contribution in [2.75, 3.05) is 32.2 Å². The molecule has 0 unspecified atom stereocenters. The van der Waals surface area contributed by atoms with E-state index in [0.717, 1.165) is 15.5 Å². The molecule has 1 aromatic carbocycles. The zero-order valence-corrected chi connectivity index (χ0v) is 17.2. The second-order valence-corrected chi connectivity index (χ2v) is 8.26. The van der Waals surface area contributed by atoms with Gasteiger partial charge in [0.1, 0.15) is 17.4 Å². The largest absolute Gasteiger partial charge is 0.485 e. The normalized spacial score (nSPS) is 17.4. The molecular weight excluding hydrogens is 378 g/mol. The molecule has 0 atom stereocenters. The standard InChI is InChI=1S/C20H23N3O4S/c1-20(2)24-11-14(12-25-20)26-13-5-7-16-17(9-13)27-18(22-16)8-6-15-10-21-19(28-15)23(3)4/h5-10,14H,11-12H2,1-4H3. The zero-order valence-electron chi connectivity index (χ0n) is 16.3. The first-order chi connectivity index (χ1) is 13.4. The lowest BCUT2D eigenvalue weighted by Crippen LogP contribution is -2.44. The van der Waals surface area contributed by atoms with Crippen LogP contribution in [0.15, 0.2) is 28.8 Å². The van der Waals surface area contributed by atoms with Crippen LogP contribution < -0.4 is 9.64 Å². The summed E-state index contributed by atoms with van der Waals surface area (Å²) in [6, 6.07) is 5.61. The van der Waals surface area contributed by atoms with Gasteiger partial charge < -0.3 is 23.5 Å². The molecule has 4 rings (SSSR count). The molecule has 1 aliphatic heterocycles. The number of hydrogen-bond acceptors (Lipinski definition) is 8. The minimum atomic E-state index is -0.554. The van der Waals surface area contributed by atoms with Crippen LogP contribution in [0.5, 0.6) is 5.75 Å². The third-order valence-electron chi connectivity index (χ3n) is 4.20. The van der Waals surface area contributed by atoms with Crippen molar-refractivity contribution in [2.45, 2.75) is 25.7 Å². The Kier molecular flexibility index (Phi) is 5.09. The Morgan fingerprint density at radius 3 is 2.71 bits per heavy atom. The summed E-state index contributed by atoms with van der Waals surface area (Å²) in [7, 11) is 3.94. The minimum Gasteiger partial charge on any atom is -0.485 e. The Morgan fingerprint density at radius 2 is 2.00 bits per heavy atom. The Labute approximate surface area is 167 Å². The number of hydrogen-bond donors (Lipinski definition) is 0. The van der Waals surface area contributed by atoms with E-state index in [4.69, 9.17) is 18.6 Å². The molecule has 0 N–H and O–H groups in total. The quantitative estimate of drug-likeness (QED) is 0.639. The molecule has 1 fully saturated rings. The van der Waals surface area contributed by atoms with Gasteiger partial charge in [0, 0.05) is 37.3 Å². The van der Waals surface area contributed by atoms with Crippen molar-refractivity contribution >= 4 is 39.7 Å². The number of nitrogens with zero attached hydrogens (tertiary/aromatic N) is 3. The first kappa shape index (κ1) is 18.9. The molecule has 2 aromatic heterocycles. The molecule has 3 heterocycles. The molecule has 8 heteroatoms. The Morgan fingerprint density at radius 1 is 1.21 bits per heavy atom. The van der Waals surface area contributed by atoms with E-state index in [0.29, 0.717) is 30.4 Å². The maximum atomic E-state index is 5.95. The van der Waals surface area contributed by atoms with E-state index < -0.39 is 5.79 Å². The van der Waals surface area contributed by atoms with Crippen LogP contribution in [-0.4, -0.2) is 49.2 Å². The van der Waals surface area contributed by atoms with E-state index in [2.05, 4.69) is 9.97 Å². The summed E-state index contributed by atoms with van der Waals surface area (Å²) in [5.41, 5.74) is 1.45. The third-order valence-corrected chi connectivity index (χ3v) is 5.33. The fraction of sp³-hybridized carbons (Fsp3) is 0.400. The van der Waals surface area contributed by atoms with E-state index in [1.165, 1.54) is 0 Å². The van der Waals surface area contributed by atoms with E-state index in [1.54, 1.807) is 11.3 Å². The Balaban J connectivity index is 1.45. The maximum absolute atomic E-state index is 5.95. The summed E-state index contributed by atoms with van der Waals surface area (Å²) < 4.78 is 23.1.